The number of nitrogens with zero attached hydrogens (tertiary/aromatic N) is 5. The molecular formula is C26H25N7O3. The Bertz CT molecular complexity index is 1520. The van der Waals surface area contributed by atoms with Gasteiger partial charge in [-0.2, -0.15) is 14.6 Å². The Hall–Kier alpha value is -4.34. The summed E-state index contributed by atoms with van der Waals surface area (Å²) in [7, 11) is 0. The molecule has 4 heterocycles. The van der Waals surface area contributed by atoms with E-state index in [4.69, 9.17) is 14.5 Å². The van der Waals surface area contributed by atoms with E-state index in [1.165, 1.54) is 0 Å². The van der Waals surface area contributed by atoms with Crippen molar-refractivity contribution in [1.82, 2.24) is 30.1 Å². The van der Waals surface area contributed by atoms with Crippen LogP contribution in [0.25, 0.3) is 22.9 Å². The van der Waals surface area contributed by atoms with Gasteiger partial charge < -0.3 is 9.84 Å². The normalized spacial score (nSPS) is 16.8. The van der Waals surface area contributed by atoms with Gasteiger partial charge in [0, 0.05) is 29.2 Å². The van der Waals surface area contributed by atoms with Crippen LogP contribution in [0.1, 0.15) is 47.7 Å². The van der Waals surface area contributed by atoms with Crippen LogP contribution >= 0.6 is 0 Å². The first-order valence-electron chi connectivity index (χ1n) is 12.0. The van der Waals surface area contributed by atoms with Crippen molar-refractivity contribution in [2.45, 2.75) is 52.0 Å². The van der Waals surface area contributed by atoms with Crippen molar-refractivity contribution in [2.24, 2.45) is 0 Å². The number of imide groups is 1. The maximum absolute atomic E-state index is 12.1. The van der Waals surface area contributed by atoms with E-state index >= 15 is 0 Å². The Morgan fingerprint density at radius 1 is 1.17 bits per heavy atom. The third kappa shape index (κ3) is 4.15. The van der Waals surface area contributed by atoms with E-state index in [9.17, 15) is 9.59 Å². The number of aromatic nitrogens is 5. The number of amides is 2. The summed E-state index contributed by atoms with van der Waals surface area (Å²) in [6.45, 7) is 3.87. The van der Waals surface area contributed by atoms with Crippen LogP contribution in [0.2, 0.25) is 0 Å². The number of aryl methyl sites for hydroxylation is 4. The monoisotopic (exact) mass is 483 g/mol. The van der Waals surface area contributed by atoms with E-state index in [2.05, 4.69) is 33.0 Å². The molecule has 1 aromatic carbocycles. The second-order valence-corrected chi connectivity index (χ2v) is 9.30. The third-order valence-corrected chi connectivity index (χ3v) is 6.52. The molecule has 0 atom stereocenters. The Labute approximate surface area is 206 Å². The summed E-state index contributed by atoms with van der Waals surface area (Å²) in [6.07, 6.45) is 6.91. The molecule has 2 aliphatic rings. The molecule has 0 radical (unpaired) electrons. The predicted molar refractivity (Wildman–Crippen MR) is 132 cm³/mol. The van der Waals surface area contributed by atoms with Crippen molar-refractivity contribution >= 4 is 29.5 Å². The van der Waals surface area contributed by atoms with Crippen molar-refractivity contribution in [3.63, 3.8) is 0 Å². The number of nitrogens with one attached hydrogen (secondary N) is 2. The minimum atomic E-state index is -0.374. The molecule has 182 valence electrons. The molecular weight excluding hydrogens is 458 g/mol. The molecule has 1 saturated heterocycles. The highest BCUT2D eigenvalue weighted by Crippen LogP contribution is 2.31. The van der Waals surface area contributed by atoms with Gasteiger partial charge in [-0.15, -0.1) is 0 Å². The van der Waals surface area contributed by atoms with Crippen LogP contribution in [-0.4, -0.2) is 42.6 Å². The second kappa shape index (κ2) is 8.71. The second-order valence-electron chi connectivity index (χ2n) is 9.30. The number of hydrogen-bond donors (Lipinski definition) is 2. The molecule has 1 aliphatic carbocycles. The van der Waals surface area contributed by atoms with Crippen LogP contribution < -0.4 is 10.6 Å². The largest absolute Gasteiger partial charge is 0.361 e. The Morgan fingerprint density at radius 3 is 2.72 bits per heavy atom. The number of rotatable bonds is 7. The summed E-state index contributed by atoms with van der Waals surface area (Å²) >= 11 is 0. The fourth-order valence-electron chi connectivity index (χ4n) is 4.56. The first kappa shape index (κ1) is 22.1. The third-order valence-electron chi connectivity index (χ3n) is 6.52. The maximum atomic E-state index is 12.1. The van der Waals surface area contributed by atoms with Gasteiger partial charge in [-0.1, -0.05) is 29.4 Å². The number of anilines is 1. The number of hydrogen-bond acceptors (Lipinski definition) is 8. The Kier molecular flexibility index (Phi) is 5.36. The van der Waals surface area contributed by atoms with Crippen molar-refractivity contribution in [1.29, 1.82) is 0 Å². The molecule has 1 aliphatic heterocycles. The van der Waals surface area contributed by atoms with E-state index in [1.54, 1.807) is 16.8 Å². The molecule has 10 heteroatoms. The molecule has 36 heavy (non-hydrogen) atoms. The molecule has 10 nitrogen and oxygen atoms in total. The van der Waals surface area contributed by atoms with Gasteiger partial charge in [-0.3, -0.25) is 14.9 Å². The summed E-state index contributed by atoms with van der Waals surface area (Å²) in [4.78, 5) is 33.3. The van der Waals surface area contributed by atoms with Crippen molar-refractivity contribution in [3.05, 3.63) is 64.4 Å². The average molecular weight is 484 g/mol. The lowest BCUT2D eigenvalue weighted by molar-refractivity contribution is -0.124. The van der Waals surface area contributed by atoms with Crippen LogP contribution in [0.3, 0.4) is 0 Å². The lowest BCUT2D eigenvalue weighted by Gasteiger charge is -2.11. The summed E-state index contributed by atoms with van der Waals surface area (Å²) < 4.78 is 7.07. The quantitative estimate of drug-likeness (QED) is 0.303. The van der Waals surface area contributed by atoms with Crippen molar-refractivity contribution < 1.29 is 14.1 Å². The highest BCUT2D eigenvalue weighted by molar-refractivity contribution is 6.15. The van der Waals surface area contributed by atoms with Gasteiger partial charge in [0.05, 0.1) is 18.3 Å². The number of fused-ring (bicyclic) bond motifs is 1. The smallest absolute Gasteiger partial charge is 0.254 e. The first-order valence-corrected chi connectivity index (χ1v) is 12.0. The zero-order valence-corrected chi connectivity index (χ0v) is 20.0. The lowest BCUT2D eigenvalue weighted by atomic mass is 9.95. The maximum Gasteiger partial charge on any atom is 0.254 e. The topological polar surface area (TPSA) is 127 Å². The molecule has 3 aromatic heterocycles. The number of carbonyl (C=O) groups excluding carboxylic acids is 2. The fraction of sp³-hybridized carbons (Fsp3) is 0.308. The number of benzene rings is 1. The number of carbonyl (C=O) groups is 2. The van der Waals surface area contributed by atoms with E-state index in [0.717, 1.165) is 47.4 Å². The predicted octanol–water partition coefficient (Wildman–Crippen LogP) is 3.19. The molecule has 0 spiro atoms. The average Bonchev–Trinajstić information content (AvgIpc) is 3.36. The summed E-state index contributed by atoms with van der Waals surface area (Å²) in [5, 5.41) is 14.3. The van der Waals surface area contributed by atoms with Crippen LogP contribution in [0.15, 0.2) is 40.6 Å². The van der Waals surface area contributed by atoms with Crippen LogP contribution in [0.5, 0.6) is 0 Å². The highest BCUT2D eigenvalue weighted by Gasteiger charge is 2.26. The molecule has 1 saturated carbocycles. The van der Waals surface area contributed by atoms with E-state index < -0.39 is 0 Å². The molecule has 2 N–H and O–H groups in total. The summed E-state index contributed by atoms with van der Waals surface area (Å²) in [5.74, 6) is 1.42. The minimum absolute atomic E-state index is 0.0553. The van der Waals surface area contributed by atoms with E-state index in [1.807, 2.05) is 26.0 Å². The van der Waals surface area contributed by atoms with Crippen LogP contribution in [0.4, 0.5) is 5.95 Å². The van der Waals surface area contributed by atoms with E-state index in [-0.39, 0.29) is 18.2 Å². The Morgan fingerprint density at radius 2 is 2.00 bits per heavy atom. The highest BCUT2D eigenvalue weighted by atomic mass is 16.5. The van der Waals surface area contributed by atoms with Gasteiger partial charge in [-0.05, 0) is 50.3 Å². The fourth-order valence-corrected chi connectivity index (χ4v) is 4.56. The van der Waals surface area contributed by atoms with Crippen LogP contribution in [-0.2, 0) is 22.4 Å². The van der Waals surface area contributed by atoms with Gasteiger partial charge in [0.15, 0.2) is 5.65 Å². The van der Waals surface area contributed by atoms with Gasteiger partial charge in [-0.25, -0.2) is 4.98 Å². The molecule has 0 bridgehead atoms. The van der Waals surface area contributed by atoms with Gasteiger partial charge in [0.2, 0.25) is 11.9 Å². The zero-order chi connectivity index (χ0) is 24.8. The van der Waals surface area contributed by atoms with E-state index in [0.29, 0.717) is 41.0 Å². The van der Waals surface area contributed by atoms with Gasteiger partial charge in [0.25, 0.3) is 5.91 Å². The molecule has 0 unspecified atom stereocenters. The molecule has 2 fully saturated rings. The van der Waals surface area contributed by atoms with Crippen molar-refractivity contribution in [2.75, 3.05) is 5.32 Å². The molecule has 2 amide bonds. The Balaban J connectivity index is 1.35. The van der Waals surface area contributed by atoms with Crippen molar-refractivity contribution in [3.8, 4) is 11.1 Å². The molecule has 4 aromatic rings. The summed E-state index contributed by atoms with van der Waals surface area (Å²) in [6, 6.07) is 8.60. The van der Waals surface area contributed by atoms with Gasteiger partial charge >= 0.3 is 0 Å². The summed E-state index contributed by atoms with van der Waals surface area (Å²) in [5.41, 5.74) is 5.81. The molecule has 6 rings (SSSR count). The first-order chi connectivity index (χ1) is 17.5. The minimum Gasteiger partial charge on any atom is -0.361 e. The SMILES string of the molecule is Cc1noc(C)c1-c1ccccc1CCc1nc(NC2CC2)n2ncc(/C=C3\CC(=O)NC3=O)c2n1. The van der Waals surface area contributed by atoms with Crippen LogP contribution in [0, 0.1) is 13.8 Å². The lowest BCUT2D eigenvalue weighted by Crippen LogP contribution is -2.19. The standard InChI is InChI=1S/C26H25N7O3/c1-14-23(15(2)36-32-14)20-6-4-3-5-16(20)7-10-21-29-24-18(11-17-12-22(34)31-25(17)35)13-27-33(24)26(30-21)28-19-8-9-19/h3-6,11,13,19H,7-10,12H2,1-2H3,(H,28,29,30)(H,31,34,35)/b17-11+. The van der Waals surface area contributed by atoms with Gasteiger partial charge in [0.1, 0.15) is 11.6 Å². The zero-order valence-electron chi connectivity index (χ0n) is 20.0.